The Kier molecular flexibility index (Phi) is 3.94. The maximum atomic E-state index is 11.4. The van der Waals surface area contributed by atoms with Gasteiger partial charge in [-0.2, -0.15) is 0 Å². The average molecular weight is 214 g/mol. The number of hydrogen-bond donors (Lipinski definition) is 1. The molecule has 0 aromatic heterocycles. The third kappa shape index (κ3) is 3.42. The quantitative estimate of drug-likeness (QED) is 0.741. The van der Waals surface area contributed by atoms with Gasteiger partial charge < -0.3 is 14.9 Å². The smallest absolute Gasteiger partial charge is 0.407 e. The van der Waals surface area contributed by atoms with Crippen LogP contribution >= 0.6 is 0 Å². The average Bonchev–Trinajstić information content (AvgIpc) is 2.18. The van der Waals surface area contributed by atoms with Gasteiger partial charge in [0.2, 0.25) is 5.91 Å². The molecule has 1 aliphatic heterocycles. The van der Waals surface area contributed by atoms with E-state index in [1.165, 1.54) is 4.90 Å². The van der Waals surface area contributed by atoms with Crippen molar-refractivity contribution in [1.29, 1.82) is 0 Å². The molecule has 0 radical (unpaired) electrons. The Hall–Kier alpha value is -1.26. The summed E-state index contributed by atoms with van der Waals surface area (Å²) in [5, 5.41) is 8.75. The van der Waals surface area contributed by atoms with Crippen molar-refractivity contribution >= 4 is 12.0 Å². The van der Waals surface area contributed by atoms with Gasteiger partial charge >= 0.3 is 6.09 Å². The van der Waals surface area contributed by atoms with Crippen LogP contribution in [0.4, 0.5) is 4.79 Å². The SMILES string of the molecule is CN(C)C(=O)CC1CCN(C(=O)O)CC1. The lowest BCUT2D eigenvalue weighted by molar-refractivity contribution is -0.129. The highest BCUT2D eigenvalue weighted by atomic mass is 16.4. The van der Waals surface area contributed by atoms with Gasteiger partial charge in [0.15, 0.2) is 0 Å². The summed E-state index contributed by atoms with van der Waals surface area (Å²) in [6.45, 7) is 1.11. The molecule has 1 fully saturated rings. The van der Waals surface area contributed by atoms with Gasteiger partial charge in [-0.05, 0) is 18.8 Å². The normalized spacial score (nSPS) is 17.6. The molecule has 1 heterocycles. The van der Waals surface area contributed by atoms with Crippen molar-refractivity contribution in [1.82, 2.24) is 9.80 Å². The van der Waals surface area contributed by atoms with E-state index in [0.29, 0.717) is 25.4 Å². The molecule has 1 N–H and O–H groups in total. The summed E-state index contributed by atoms with van der Waals surface area (Å²) < 4.78 is 0. The highest BCUT2D eigenvalue weighted by molar-refractivity contribution is 5.75. The van der Waals surface area contributed by atoms with Crippen LogP contribution in [0.2, 0.25) is 0 Å². The summed E-state index contributed by atoms with van der Waals surface area (Å²) in [5.74, 6) is 0.472. The molecule has 0 atom stereocenters. The Balaban J connectivity index is 2.32. The van der Waals surface area contributed by atoms with Crippen LogP contribution in [0.1, 0.15) is 19.3 Å². The minimum Gasteiger partial charge on any atom is -0.465 e. The predicted molar refractivity (Wildman–Crippen MR) is 55.6 cm³/mol. The fourth-order valence-corrected chi connectivity index (χ4v) is 1.76. The number of amides is 2. The standard InChI is InChI=1S/C10H18N2O3/c1-11(2)9(13)7-8-3-5-12(6-4-8)10(14)15/h8H,3-7H2,1-2H3,(H,14,15). The van der Waals surface area contributed by atoms with Crippen molar-refractivity contribution in [2.75, 3.05) is 27.2 Å². The van der Waals surface area contributed by atoms with Crippen molar-refractivity contribution < 1.29 is 14.7 Å². The second-order valence-corrected chi connectivity index (χ2v) is 4.21. The number of hydrogen-bond acceptors (Lipinski definition) is 2. The number of likely N-dealkylation sites (tertiary alicyclic amines) is 1. The molecule has 0 aromatic carbocycles. The zero-order valence-corrected chi connectivity index (χ0v) is 9.27. The molecular weight excluding hydrogens is 196 g/mol. The molecule has 0 aliphatic carbocycles. The van der Waals surface area contributed by atoms with Crippen LogP contribution in [0, 0.1) is 5.92 Å². The van der Waals surface area contributed by atoms with E-state index in [4.69, 9.17) is 5.11 Å². The minimum absolute atomic E-state index is 0.128. The molecule has 86 valence electrons. The van der Waals surface area contributed by atoms with E-state index in [1.54, 1.807) is 19.0 Å². The van der Waals surface area contributed by atoms with E-state index in [-0.39, 0.29) is 5.91 Å². The van der Waals surface area contributed by atoms with E-state index >= 15 is 0 Å². The van der Waals surface area contributed by atoms with E-state index < -0.39 is 6.09 Å². The van der Waals surface area contributed by atoms with Crippen molar-refractivity contribution in [3.63, 3.8) is 0 Å². The Bertz CT molecular complexity index is 245. The van der Waals surface area contributed by atoms with Crippen LogP contribution in [0.25, 0.3) is 0 Å². The lowest BCUT2D eigenvalue weighted by atomic mass is 9.93. The van der Waals surface area contributed by atoms with E-state index in [1.807, 2.05) is 0 Å². The molecule has 0 aromatic rings. The van der Waals surface area contributed by atoms with Gasteiger partial charge in [0.1, 0.15) is 0 Å². The summed E-state index contributed by atoms with van der Waals surface area (Å²) in [4.78, 5) is 25.1. The van der Waals surface area contributed by atoms with E-state index in [2.05, 4.69) is 0 Å². The van der Waals surface area contributed by atoms with Gasteiger partial charge in [-0.15, -0.1) is 0 Å². The largest absolute Gasteiger partial charge is 0.465 e. The Labute approximate surface area is 89.7 Å². The van der Waals surface area contributed by atoms with Crippen molar-refractivity contribution in [3.05, 3.63) is 0 Å². The molecule has 0 bridgehead atoms. The lowest BCUT2D eigenvalue weighted by Crippen LogP contribution is -2.38. The van der Waals surface area contributed by atoms with Gasteiger partial charge in [0.05, 0.1) is 0 Å². The van der Waals surface area contributed by atoms with Gasteiger partial charge in [0, 0.05) is 33.6 Å². The highest BCUT2D eigenvalue weighted by Crippen LogP contribution is 2.20. The van der Waals surface area contributed by atoms with Crippen LogP contribution in [-0.4, -0.2) is 54.1 Å². The second-order valence-electron chi connectivity index (χ2n) is 4.21. The Morgan fingerprint density at radius 3 is 2.27 bits per heavy atom. The molecule has 1 aliphatic rings. The second kappa shape index (κ2) is 5.00. The summed E-state index contributed by atoms with van der Waals surface area (Å²) in [7, 11) is 3.49. The molecule has 0 saturated carbocycles. The van der Waals surface area contributed by atoms with Gasteiger partial charge in [-0.3, -0.25) is 4.79 Å². The third-order valence-electron chi connectivity index (χ3n) is 2.85. The Morgan fingerprint density at radius 2 is 1.87 bits per heavy atom. The van der Waals surface area contributed by atoms with Crippen molar-refractivity contribution in [3.8, 4) is 0 Å². The van der Waals surface area contributed by atoms with Crippen molar-refractivity contribution in [2.45, 2.75) is 19.3 Å². The van der Waals surface area contributed by atoms with E-state index in [9.17, 15) is 9.59 Å². The van der Waals surface area contributed by atoms with Crippen LogP contribution < -0.4 is 0 Å². The van der Waals surface area contributed by atoms with Crippen LogP contribution in [0.15, 0.2) is 0 Å². The van der Waals surface area contributed by atoms with Crippen LogP contribution in [0.5, 0.6) is 0 Å². The van der Waals surface area contributed by atoms with E-state index in [0.717, 1.165) is 12.8 Å². The molecule has 1 saturated heterocycles. The zero-order valence-electron chi connectivity index (χ0n) is 9.27. The molecular formula is C10H18N2O3. The number of carbonyl (C=O) groups excluding carboxylic acids is 1. The molecule has 2 amide bonds. The lowest BCUT2D eigenvalue weighted by Gasteiger charge is -2.30. The first-order chi connectivity index (χ1) is 7.00. The monoisotopic (exact) mass is 214 g/mol. The number of rotatable bonds is 2. The molecule has 5 heteroatoms. The zero-order chi connectivity index (χ0) is 11.4. The molecule has 1 rings (SSSR count). The molecule has 15 heavy (non-hydrogen) atoms. The van der Waals surface area contributed by atoms with Crippen molar-refractivity contribution in [2.24, 2.45) is 5.92 Å². The molecule has 0 unspecified atom stereocenters. The molecule has 0 spiro atoms. The number of carboxylic acid groups (broad SMARTS) is 1. The summed E-state index contributed by atoms with van der Waals surface area (Å²) >= 11 is 0. The molecule has 5 nitrogen and oxygen atoms in total. The van der Waals surface area contributed by atoms with Gasteiger partial charge in [0.25, 0.3) is 0 Å². The van der Waals surface area contributed by atoms with Crippen LogP contribution in [0.3, 0.4) is 0 Å². The number of carbonyl (C=O) groups is 2. The first kappa shape index (κ1) is 11.8. The minimum atomic E-state index is -0.854. The predicted octanol–water partition coefficient (Wildman–Crippen LogP) is 0.855. The summed E-state index contributed by atoms with van der Waals surface area (Å²) in [5.41, 5.74) is 0. The Morgan fingerprint density at radius 1 is 1.33 bits per heavy atom. The summed E-state index contributed by atoms with van der Waals surface area (Å²) in [6.07, 6.45) is 1.28. The fourth-order valence-electron chi connectivity index (χ4n) is 1.76. The highest BCUT2D eigenvalue weighted by Gasteiger charge is 2.24. The first-order valence-electron chi connectivity index (χ1n) is 5.18. The first-order valence-corrected chi connectivity index (χ1v) is 5.18. The topological polar surface area (TPSA) is 60.9 Å². The number of piperidine rings is 1. The van der Waals surface area contributed by atoms with Gasteiger partial charge in [-0.25, -0.2) is 4.79 Å². The fraction of sp³-hybridized carbons (Fsp3) is 0.800. The maximum Gasteiger partial charge on any atom is 0.407 e. The van der Waals surface area contributed by atoms with Gasteiger partial charge in [-0.1, -0.05) is 0 Å². The summed E-state index contributed by atoms with van der Waals surface area (Å²) in [6, 6.07) is 0. The van der Waals surface area contributed by atoms with Crippen LogP contribution in [-0.2, 0) is 4.79 Å². The number of nitrogens with zero attached hydrogens (tertiary/aromatic N) is 2. The third-order valence-corrected chi connectivity index (χ3v) is 2.85. The maximum absolute atomic E-state index is 11.4.